The van der Waals surface area contributed by atoms with Crippen molar-refractivity contribution in [3.05, 3.63) is 77.7 Å². The lowest BCUT2D eigenvalue weighted by Gasteiger charge is -1.96. The summed E-state index contributed by atoms with van der Waals surface area (Å²) in [5.74, 6) is -0.408. The number of hydrogen-bond acceptors (Lipinski definition) is 5. The number of hydrogen-bond donors (Lipinski definition) is 1. The molecule has 0 unspecified atom stereocenters. The van der Waals surface area contributed by atoms with Gasteiger partial charge in [0.15, 0.2) is 0 Å². The monoisotopic (exact) mass is 332 g/mol. The van der Waals surface area contributed by atoms with E-state index in [9.17, 15) is 4.79 Å². The lowest BCUT2D eigenvalue weighted by molar-refractivity contribution is 0.0921. The molecule has 3 aromatic rings. The van der Waals surface area contributed by atoms with Gasteiger partial charge in [0.2, 0.25) is 5.89 Å². The third-order valence-electron chi connectivity index (χ3n) is 3.27. The number of carbonyl (C=O) groups is 1. The first-order valence-electron chi connectivity index (χ1n) is 7.68. The van der Waals surface area contributed by atoms with Crippen LogP contribution >= 0.6 is 0 Å². The van der Waals surface area contributed by atoms with Gasteiger partial charge in [0.1, 0.15) is 0 Å². The average Bonchev–Trinajstić information content (AvgIpc) is 3.13. The number of nitrogens with one attached hydrogen (secondary N) is 1. The molecule has 1 amide bonds. The van der Waals surface area contributed by atoms with Crippen molar-refractivity contribution in [3.63, 3.8) is 0 Å². The Hall–Kier alpha value is -3.54. The Morgan fingerprint density at radius 3 is 2.44 bits per heavy atom. The van der Waals surface area contributed by atoms with E-state index < -0.39 is 5.91 Å². The number of aromatic nitrogens is 2. The van der Waals surface area contributed by atoms with Crippen molar-refractivity contribution in [2.45, 2.75) is 6.92 Å². The predicted octanol–water partition coefficient (Wildman–Crippen LogP) is 3.56. The first-order chi connectivity index (χ1) is 12.2. The summed E-state index contributed by atoms with van der Waals surface area (Å²) in [5.41, 5.74) is 5.07. The number of carbonyl (C=O) groups excluding carboxylic acids is 1. The summed E-state index contributed by atoms with van der Waals surface area (Å²) >= 11 is 0. The van der Waals surface area contributed by atoms with Crippen LogP contribution in [0.15, 0.2) is 75.8 Å². The molecule has 3 rings (SSSR count). The molecule has 0 aliphatic heterocycles. The van der Waals surface area contributed by atoms with Crippen LogP contribution in [0.4, 0.5) is 0 Å². The van der Waals surface area contributed by atoms with Crippen LogP contribution < -0.4 is 5.43 Å². The Morgan fingerprint density at radius 1 is 1.04 bits per heavy atom. The molecule has 0 radical (unpaired) electrons. The van der Waals surface area contributed by atoms with Crippen molar-refractivity contribution >= 4 is 18.2 Å². The molecule has 0 fully saturated rings. The third-order valence-corrected chi connectivity index (χ3v) is 3.27. The Kier molecular flexibility index (Phi) is 5.11. The number of hydrazone groups is 1. The van der Waals surface area contributed by atoms with Gasteiger partial charge in [0.25, 0.3) is 0 Å². The van der Waals surface area contributed by atoms with Gasteiger partial charge in [-0.05, 0) is 30.2 Å². The number of benzene rings is 2. The quantitative estimate of drug-likeness (QED) is 0.572. The van der Waals surface area contributed by atoms with Gasteiger partial charge >= 0.3 is 11.8 Å². The second kappa shape index (κ2) is 7.83. The molecule has 1 aromatic heterocycles. The second-order valence-electron chi connectivity index (χ2n) is 5.28. The van der Waals surface area contributed by atoms with E-state index in [0.717, 1.165) is 16.7 Å². The molecule has 0 atom stereocenters. The summed E-state index contributed by atoms with van der Waals surface area (Å²) in [6.07, 6.45) is 3.51. The fourth-order valence-electron chi connectivity index (χ4n) is 2.10. The Balaban J connectivity index is 1.61. The van der Waals surface area contributed by atoms with E-state index in [-0.39, 0.29) is 11.8 Å². The van der Waals surface area contributed by atoms with Crippen molar-refractivity contribution < 1.29 is 9.21 Å². The highest BCUT2D eigenvalue weighted by Gasteiger charge is 2.14. The standard InChI is InChI=1S/C19H16N4O2/c1-14(12-15-8-4-2-5-9-15)13-20-21-17(24)19-23-22-18(25-19)16-10-6-3-7-11-16/h2-13H,1H3,(H,21,24). The zero-order valence-electron chi connectivity index (χ0n) is 13.6. The van der Waals surface area contributed by atoms with Crippen molar-refractivity contribution in [2.75, 3.05) is 0 Å². The van der Waals surface area contributed by atoms with Gasteiger partial charge in [-0.2, -0.15) is 5.10 Å². The molecule has 1 heterocycles. The maximum absolute atomic E-state index is 12.0. The molecule has 2 aromatic carbocycles. The van der Waals surface area contributed by atoms with Gasteiger partial charge in [0, 0.05) is 5.56 Å². The van der Waals surface area contributed by atoms with Crippen LogP contribution in [0.1, 0.15) is 23.2 Å². The average molecular weight is 332 g/mol. The van der Waals surface area contributed by atoms with Gasteiger partial charge in [-0.3, -0.25) is 4.79 Å². The molecular formula is C19H16N4O2. The SMILES string of the molecule is CC(C=NNC(=O)c1nnc(-c2ccccc2)o1)=Cc1ccccc1. The zero-order chi connectivity index (χ0) is 17.5. The molecule has 0 saturated heterocycles. The van der Waals surface area contributed by atoms with E-state index in [1.807, 2.05) is 73.7 Å². The van der Waals surface area contributed by atoms with Crippen molar-refractivity contribution in [2.24, 2.45) is 5.10 Å². The lowest BCUT2D eigenvalue weighted by Crippen LogP contribution is -2.17. The van der Waals surface area contributed by atoms with Gasteiger partial charge < -0.3 is 4.42 Å². The molecule has 124 valence electrons. The second-order valence-corrected chi connectivity index (χ2v) is 5.28. The number of allylic oxidation sites excluding steroid dienone is 1. The Bertz CT molecular complexity index is 899. The summed E-state index contributed by atoms with van der Waals surface area (Å²) < 4.78 is 5.36. The van der Waals surface area contributed by atoms with E-state index in [1.54, 1.807) is 6.21 Å². The smallest absolute Gasteiger partial charge is 0.328 e. The Labute approximate surface area is 144 Å². The molecule has 0 aliphatic carbocycles. The van der Waals surface area contributed by atoms with Crippen LogP contribution in [0.2, 0.25) is 0 Å². The fraction of sp³-hybridized carbons (Fsp3) is 0.0526. The van der Waals surface area contributed by atoms with Gasteiger partial charge in [-0.15, -0.1) is 10.2 Å². The molecule has 6 nitrogen and oxygen atoms in total. The van der Waals surface area contributed by atoms with Crippen LogP contribution in [0.25, 0.3) is 17.5 Å². The molecule has 0 saturated carbocycles. The molecule has 1 N–H and O–H groups in total. The van der Waals surface area contributed by atoms with E-state index in [4.69, 9.17) is 4.42 Å². The van der Waals surface area contributed by atoms with Crippen molar-refractivity contribution in [1.82, 2.24) is 15.6 Å². The van der Waals surface area contributed by atoms with E-state index in [1.165, 1.54) is 0 Å². The third kappa shape index (κ3) is 4.48. The first kappa shape index (κ1) is 16.3. The molecular weight excluding hydrogens is 316 g/mol. The summed E-state index contributed by atoms with van der Waals surface area (Å²) in [6.45, 7) is 1.89. The highest BCUT2D eigenvalue weighted by molar-refractivity contribution is 5.91. The van der Waals surface area contributed by atoms with Crippen LogP contribution in [-0.2, 0) is 0 Å². The fourth-order valence-corrected chi connectivity index (χ4v) is 2.10. The summed E-state index contributed by atoms with van der Waals surface area (Å²) in [5, 5.41) is 11.5. The summed E-state index contributed by atoms with van der Waals surface area (Å²) in [7, 11) is 0. The van der Waals surface area contributed by atoms with Crippen LogP contribution in [-0.4, -0.2) is 22.3 Å². The lowest BCUT2D eigenvalue weighted by atomic mass is 10.1. The van der Waals surface area contributed by atoms with Crippen LogP contribution in [0.3, 0.4) is 0 Å². The van der Waals surface area contributed by atoms with Crippen LogP contribution in [0, 0.1) is 0 Å². The van der Waals surface area contributed by atoms with Crippen molar-refractivity contribution in [1.29, 1.82) is 0 Å². The number of nitrogens with zero attached hydrogens (tertiary/aromatic N) is 3. The highest BCUT2D eigenvalue weighted by Crippen LogP contribution is 2.16. The maximum atomic E-state index is 12.0. The van der Waals surface area contributed by atoms with E-state index in [2.05, 4.69) is 20.7 Å². The number of rotatable bonds is 5. The maximum Gasteiger partial charge on any atom is 0.328 e. The van der Waals surface area contributed by atoms with Crippen LogP contribution in [0.5, 0.6) is 0 Å². The largest absolute Gasteiger partial charge is 0.412 e. The highest BCUT2D eigenvalue weighted by atomic mass is 16.4. The normalized spacial score (nSPS) is 11.6. The first-order valence-corrected chi connectivity index (χ1v) is 7.68. The topological polar surface area (TPSA) is 80.4 Å². The van der Waals surface area contributed by atoms with E-state index in [0.29, 0.717) is 0 Å². The minimum atomic E-state index is -0.557. The summed E-state index contributed by atoms with van der Waals surface area (Å²) in [4.78, 5) is 12.0. The molecule has 6 heteroatoms. The molecule has 0 spiro atoms. The van der Waals surface area contributed by atoms with Gasteiger partial charge in [-0.25, -0.2) is 5.43 Å². The predicted molar refractivity (Wildman–Crippen MR) is 95.8 cm³/mol. The summed E-state index contributed by atoms with van der Waals surface area (Å²) in [6, 6.07) is 19.1. The minimum Gasteiger partial charge on any atom is -0.412 e. The van der Waals surface area contributed by atoms with E-state index >= 15 is 0 Å². The Morgan fingerprint density at radius 2 is 1.72 bits per heavy atom. The molecule has 0 bridgehead atoms. The number of amides is 1. The zero-order valence-corrected chi connectivity index (χ0v) is 13.6. The van der Waals surface area contributed by atoms with Gasteiger partial charge in [0.05, 0.1) is 6.21 Å². The molecule has 0 aliphatic rings. The van der Waals surface area contributed by atoms with Crippen molar-refractivity contribution in [3.8, 4) is 11.5 Å². The van der Waals surface area contributed by atoms with Gasteiger partial charge in [-0.1, -0.05) is 54.6 Å². The minimum absolute atomic E-state index is 0.138. The molecule has 25 heavy (non-hydrogen) atoms.